The van der Waals surface area contributed by atoms with Crippen LogP contribution >= 0.6 is 11.6 Å². The minimum atomic E-state index is -4.77. The third-order valence-electron chi connectivity index (χ3n) is 21.3. The summed E-state index contributed by atoms with van der Waals surface area (Å²) in [6.07, 6.45) is 2.36. The van der Waals surface area contributed by atoms with Crippen molar-refractivity contribution in [3.63, 3.8) is 0 Å². The molecule has 4 aliphatic heterocycles. The number of fused-ring (bicyclic) bond motifs is 2. The fourth-order valence-electron chi connectivity index (χ4n) is 15.2. The molecule has 4 saturated heterocycles. The predicted molar refractivity (Wildman–Crippen MR) is 360 cm³/mol. The number of piperidine rings is 1. The van der Waals surface area contributed by atoms with E-state index in [1.807, 2.05) is 19.9 Å². The first-order valence-electron chi connectivity index (χ1n) is 35.3. The summed E-state index contributed by atoms with van der Waals surface area (Å²) in [7, 11) is 8.32. The zero-order valence-electron chi connectivity index (χ0n) is 59.4. The van der Waals surface area contributed by atoms with Crippen LogP contribution in [0.3, 0.4) is 0 Å². The number of nitrogens with zero attached hydrogens (tertiary/aromatic N) is 10. The van der Waals surface area contributed by atoms with Crippen LogP contribution < -0.4 is 16.0 Å². The molecule has 1 aromatic carbocycles. The molecule has 3 N–H and O–H groups in total. The number of amides is 12. The number of nitriles is 1. The first-order valence-corrected chi connectivity index (χ1v) is 35.6. The van der Waals surface area contributed by atoms with E-state index >= 15 is 19.2 Å². The fourth-order valence-corrected chi connectivity index (χ4v) is 15.5. The van der Waals surface area contributed by atoms with Gasteiger partial charge in [0.2, 0.25) is 70.9 Å². The van der Waals surface area contributed by atoms with Gasteiger partial charge in [-0.3, -0.25) is 57.5 Å². The average molecular weight is 1410 g/mol. The summed E-state index contributed by atoms with van der Waals surface area (Å²) in [4.78, 5) is 190. The van der Waals surface area contributed by atoms with E-state index in [4.69, 9.17) is 11.6 Å². The van der Waals surface area contributed by atoms with Crippen LogP contribution in [-0.2, 0) is 70.1 Å². The molecule has 0 bridgehead atoms. The minimum Gasteiger partial charge on any atom is -0.343 e. The van der Waals surface area contributed by atoms with Gasteiger partial charge in [-0.25, -0.2) is 0 Å². The summed E-state index contributed by atoms with van der Waals surface area (Å²) >= 11 is 6.15. The lowest BCUT2D eigenvalue weighted by atomic mass is 9.84. The third kappa shape index (κ3) is 18.7. The quantitative estimate of drug-likeness (QED) is 0.281. The molecular weight excluding hydrogens is 1310 g/mol. The Morgan fingerprint density at radius 1 is 0.657 bits per heavy atom. The molecule has 548 valence electrons. The topological polar surface area (TPSA) is 294 Å². The van der Waals surface area contributed by atoms with Gasteiger partial charge in [-0.1, -0.05) is 90.3 Å². The van der Waals surface area contributed by atoms with Gasteiger partial charge in [0.05, 0.1) is 36.0 Å². The molecule has 25 nitrogen and oxygen atoms in total. The Morgan fingerprint density at radius 2 is 1.29 bits per heavy atom. The molecule has 12 amide bonds. The molecule has 4 heterocycles. The first-order chi connectivity index (χ1) is 46.6. The van der Waals surface area contributed by atoms with Crippen molar-refractivity contribution in [2.24, 2.45) is 17.8 Å². The number of rotatable bonds is 10. The molecule has 7 rings (SSSR count). The normalized spacial score (nSPS) is 27.5. The molecule has 1 spiro atoms. The molecule has 1 aromatic rings. The second kappa shape index (κ2) is 34.2. The molecule has 99 heavy (non-hydrogen) atoms. The van der Waals surface area contributed by atoms with Crippen molar-refractivity contribution in [3.8, 4) is 6.07 Å². The van der Waals surface area contributed by atoms with E-state index in [-0.39, 0.29) is 81.9 Å². The number of hydrogen-bond donors (Lipinski definition) is 3. The van der Waals surface area contributed by atoms with Crippen LogP contribution in [0, 0.1) is 29.1 Å². The van der Waals surface area contributed by atoms with Gasteiger partial charge in [-0.15, -0.1) is 0 Å². The zero-order valence-corrected chi connectivity index (χ0v) is 60.2. The number of benzene rings is 1. The standard InChI is InChI=1S/C70H103ClF3N13O12/c1-42(2)37-53-59(90)77-50(28-32-75)62(93)80(7)44(5)61(92)87-36-29-52(87)65(96)82(9)54(39-45-21-14-12-15-22-45)64(95)79(6)41-56(88)76-49(27-25-46-24-26-47(48(71)38-46)70(72,73)74)63(94)86-35-20-23-51(86)60(91)78-69(30-16-17-31-69)68(99)84(11)58(43(3)4)67(98)83(10)55(40-57(89)81(53)8)66(97)85-33-18-13-19-34-85/h24,26,38,42-45,49-55,58H,12-23,25,27-31,33-37,39-41H2,1-11H3,(H,76,88)(H,77,90)(H,78,91)/t44-,49-,50-,51-,52-,53-,54-,55-,58-/m0/s1. The lowest BCUT2D eigenvalue weighted by Gasteiger charge is -2.45. The van der Waals surface area contributed by atoms with E-state index in [2.05, 4.69) is 16.0 Å². The highest BCUT2D eigenvalue weighted by atomic mass is 35.5. The lowest BCUT2D eigenvalue weighted by molar-refractivity contribution is -0.160. The van der Waals surface area contributed by atoms with Crippen molar-refractivity contribution >= 4 is 82.5 Å². The fraction of sp³-hybridized carbons (Fsp3) is 0.729. The molecule has 0 radical (unpaired) electrons. The molecule has 29 heteroatoms. The first kappa shape index (κ1) is 78.8. The zero-order chi connectivity index (χ0) is 73.1. The van der Waals surface area contributed by atoms with Crippen LogP contribution in [0.4, 0.5) is 13.2 Å². The number of carbonyl (C=O) groups excluding carboxylic acids is 12. The molecule has 6 fully saturated rings. The number of alkyl halides is 3. The van der Waals surface area contributed by atoms with Crippen LogP contribution in [0.1, 0.15) is 174 Å². The molecular formula is C70H103ClF3N13O12. The van der Waals surface area contributed by atoms with Gasteiger partial charge in [0, 0.05) is 68.5 Å². The smallest absolute Gasteiger partial charge is 0.343 e. The second-order valence-corrected chi connectivity index (χ2v) is 29.4. The van der Waals surface area contributed by atoms with Crippen molar-refractivity contribution in [3.05, 3.63) is 34.3 Å². The Bertz CT molecular complexity index is 3200. The van der Waals surface area contributed by atoms with E-state index in [0.717, 1.165) is 70.3 Å². The Balaban J connectivity index is 1.28. The predicted octanol–water partition coefficient (Wildman–Crippen LogP) is 4.90. The monoisotopic (exact) mass is 1410 g/mol. The number of hydrogen-bond acceptors (Lipinski definition) is 13. The summed E-state index contributed by atoms with van der Waals surface area (Å²) in [5.41, 5.74) is -2.39. The summed E-state index contributed by atoms with van der Waals surface area (Å²) in [5, 5.41) is 17.9. The Kier molecular flexibility index (Phi) is 27.2. The highest BCUT2D eigenvalue weighted by Crippen LogP contribution is 2.37. The van der Waals surface area contributed by atoms with Crippen LogP contribution in [0.2, 0.25) is 5.02 Å². The number of nitrogens with one attached hydrogen (secondary N) is 3. The summed E-state index contributed by atoms with van der Waals surface area (Å²) in [5.74, 6) is -9.19. The van der Waals surface area contributed by atoms with E-state index in [9.17, 15) is 56.8 Å². The minimum absolute atomic E-state index is 0.00242. The van der Waals surface area contributed by atoms with Gasteiger partial charge in [-0.05, 0) is 119 Å². The number of halogens is 4. The summed E-state index contributed by atoms with van der Waals surface area (Å²) < 4.78 is 41.6. The van der Waals surface area contributed by atoms with Crippen LogP contribution in [-0.4, -0.2) is 250 Å². The Labute approximate surface area is 584 Å². The summed E-state index contributed by atoms with van der Waals surface area (Å²) in [6.45, 7) is 8.65. The molecule has 0 unspecified atom stereocenters. The van der Waals surface area contributed by atoms with Gasteiger partial charge in [0.1, 0.15) is 59.9 Å². The lowest BCUT2D eigenvalue weighted by Crippen LogP contribution is -2.65. The SMILES string of the molecule is CC(C)C[C@H]1C(=O)N[C@@H](CC#N)C(=O)N(C)[C@@H](C)C(=O)N2CC[C@H]2C(=O)N(C)[C@@H](CC2CCCCC2)C(=O)N(C)CC(=O)N[C@@H](CCc2ccc(C(F)(F)F)c(Cl)c2)C(=O)N2CCC[C@H]2C(=O)NC2(CCCC2)C(=O)N(C)[C@@H](C(C)C)C(=O)N(C)[C@H](C(=O)N2CCCCC2)CC(=O)N1C. The van der Waals surface area contributed by atoms with Crippen LogP contribution in [0.5, 0.6) is 0 Å². The molecule has 2 saturated carbocycles. The van der Waals surface area contributed by atoms with Crippen molar-refractivity contribution in [2.75, 3.05) is 75.0 Å². The maximum absolute atomic E-state index is 15.4. The summed E-state index contributed by atoms with van der Waals surface area (Å²) in [6, 6.07) is -6.62. The number of likely N-dealkylation sites (tertiary alicyclic amines) is 1. The van der Waals surface area contributed by atoms with Gasteiger partial charge in [-0.2, -0.15) is 18.4 Å². The number of aryl methyl sites for hydroxylation is 1. The van der Waals surface area contributed by atoms with Gasteiger partial charge < -0.3 is 60.0 Å². The maximum atomic E-state index is 15.4. The van der Waals surface area contributed by atoms with Crippen molar-refractivity contribution in [2.45, 2.75) is 236 Å². The average Bonchev–Trinajstić information content (AvgIpc) is 1.74. The van der Waals surface area contributed by atoms with Crippen molar-refractivity contribution in [1.29, 1.82) is 5.26 Å². The highest BCUT2D eigenvalue weighted by Gasteiger charge is 2.51. The van der Waals surface area contributed by atoms with E-state index < -0.39 is 173 Å². The van der Waals surface area contributed by atoms with Crippen molar-refractivity contribution < 1.29 is 70.7 Å². The van der Waals surface area contributed by atoms with E-state index in [0.29, 0.717) is 45.2 Å². The number of likely N-dealkylation sites (N-methyl/N-ethyl adjacent to an activating group) is 6. The third-order valence-corrected chi connectivity index (χ3v) is 21.6. The largest absolute Gasteiger partial charge is 0.417 e. The van der Waals surface area contributed by atoms with Gasteiger partial charge in [0.15, 0.2) is 0 Å². The Hall–Kier alpha value is -7.57. The Morgan fingerprint density at radius 3 is 1.88 bits per heavy atom. The number of carbonyl (C=O) groups is 12. The highest BCUT2D eigenvalue weighted by molar-refractivity contribution is 6.31. The van der Waals surface area contributed by atoms with Gasteiger partial charge >= 0.3 is 6.18 Å². The molecule has 0 aromatic heterocycles. The molecule has 6 aliphatic rings. The molecule has 9 atom stereocenters. The van der Waals surface area contributed by atoms with Crippen LogP contribution in [0.15, 0.2) is 18.2 Å². The van der Waals surface area contributed by atoms with E-state index in [1.54, 1.807) is 18.7 Å². The van der Waals surface area contributed by atoms with E-state index in [1.165, 1.54) is 74.9 Å². The second-order valence-electron chi connectivity index (χ2n) is 29.0. The van der Waals surface area contributed by atoms with Crippen molar-refractivity contribution in [1.82, 2.24) is 60.0 Å². The van der Waals surface area contributed by atoms with Gasteiger partial charge in [0.25, 0.3) is 0 Å². The molecule has 2 aliphatic carbocycles. The van der Waals surface area contributed by atoms with Crippen LogP contribution in [0.25, 0.3) is 0 Å². The maximum Gasteiger partial charge on any atom is 0.417 e.